The van der Waals surface area contributed by atoms with Crippen LogP contribution in [0, 0.1) is 5.92 Å². The normalized spacial score (nSPS) is 18.5. The van der Waals surface area contributed by atoms with Crippen LogP contribution in [0.4, 0.5) is 5.95 Å². The van der Waals surface area contributed by atoms with Crippen LogP contribution in [0.3, 0.4) is 0 Å². The van der Waals surface area contributed by atoms with E-state index >= 15 is 0 Å². The first-order valence-electron chi connectivity index (χ1n) is 8.61. The zero-order chi connectivity index (χ0) is 18.6. The SMILES string of the molecule is O=C(O)C1CC(n2cc(CNc3nccc(Oc4ccccc4)n3)nn2)C1. The van der Waals surface area contributed by atoms with Gasteiger partial charge in [0.1, 0.15) is 11.4 Å². The molecule has 9 nitrogen and oxygen atoms in total. The lowest BCUT2D eigenvalue weighted by Crippen LogP contribution is -2.32. The molecule has 1 saturated carbocycles. The van der Waals surface area contributed by atoms with Crippen LogP contribution in [0.25, 0.3) is 0 Å². The van der Waals surface area contributed by atoms with Crippen molar-refractivity contribution in [3.8, 4) is 11.6 Å². The Labute approximate surface area is 155 Å². The summed E-state index contributed by atoms with van der Waals surface area (Å²) in [7, 11) is 0. The molecule has 1 aliphatic carbocycles. The fraction of sp³-hybridized carbons (Fsp3) is 0.278. The van der Waals surface area contributed by atoms with Gasteiger partial charge >= 0.3 is 5.97 Å². The summed E-state index contributed by atoms with van der Waals surface area (Å²) < 4.78 is 7.42. The van der Waals surface area contributed by atoms with Crippen molar-refractivity contribution in [1.82, 2.24) is 25.0 Å². The van der Waals surface area contributed by atoms with E-state index in [4.69, 9.17) is 9.84 Å². The van der Waals surface area contributed by atoms with Crippen LogP contribution in [-0.2, 0) is 11.3 Å². The lowest BCUT2D eigenvalue weighted by Gasteiger charge is -2.31. The number of benzene rings is 1. The lowest BCUT2D eigenvalue weighted by molar-refractivity contribution is -0.146. The summed E-state index contributed by atoms with van der Waals surface area (Å²) in [5.41, 5.74) is 0.728. The van der Waals surface area contributed by atoms with E-state index in [2.05, 4.69) is 25.6 Å². The van der Waals surface area contributed by atoms with Crippen molar-refractivity contribution in [2.24, 2.45) is 5.92 Å². The van der Waals surface area contributed by atoms with Gasteiger partial charge in [-0.05, 0) is 25.0 Å². The van der Waals surface area contributed by atoms with E-state index in [0.717, 1.165) is 5.69 Å². The molecule has 0 bridgehead atoms. The Balaban J connectivity index is 1.33. The molecule has 0 radical (unpaired) electrons. The highest BCUT2D eigenvalue weighted by Gasteiger charge is 2.36. The number of anilines is 1. The summed E-state index contributed by atoms with van der Waals surface area (Å²) in [6, 6.07) is 11.2. The van der Waals surface area contributed by atoms with Gasteiger partial charge in [0.05, 0.1) is 24.7 Å². The highest BCUT2D eigenvalue weighted by molar-refractivity contribution is 5.71. The molecule has 0 amide bonds. The Hall–Kier alpha value is -3.49. The fourth-order valence-corrected chi connectivity index (χ4v) is 2.84. The van der Waals surface area contributed by atoms with Gasteiger partial charge in [-0.25, -0.2) is 9.67 Å². The Morgan fingerprint density at radius 1 is 1.26 bits per heavy atom. The Bertz CT molecular complexity index is 924. The molecule has 2 N–H and O–H groups in total. The number of aromatic nitrogens is 5. The molecule has 0 aliphatic heterocycles. The summed E-state index contributed by atoms with van der Waals surface area (Å²) in [5.74, 6) is 0.541. The van der Waals surface area contributed by atoms with Crippen molar-refractivity contribution < 1.29 is 14.6 Å². The van der Waals surface area contributed by atoms with Gasteiger partial charge in [-0.15, -0.1) is 5.10 Å². The molecule has 2 heterocycles. The number of hydrogen-bond donors (Lipinski definition) is 2. The molecule has 0 saturated heterocycles. The summed E-state index contributed by atoms with van der Waals surface area (Å²) in [6.07, 6.45) is 4.62. The van der Waals surface area contributed by atoms with Crippen LogP contribution in [0.5, 0.6) is 11.6 Å². The van der Waals surface area contributed by atoms with Crippen molar-refractivity contribution in [3.63, 3.8) is 0 Å². The second-order valence-corrected chi connectivity index (χ2v) is 6.34. The van der Waals surface area contributed by atoms with Gasteiger partial charge in [-0.1, -0.05) is 23.4 Å². The van der Waals surface area contributed by atoms with Gasteiger partial charge in [0.2, 0.25) is 11.8 Å². The zero-order valence-electron chi connectivity index (χ0n) is 14.4. The summed E-state index contributed by atoms with van der Waals surface area (Å²) in [5, 5.41) is 20.2. The quantitative estimate of drug-likeness (QED) is 0.655. The molecule has 27 heavy (non-hydrogen) atoms. The first-order chi connectivity index (χ1) is 13.2. The number of ether oxygens (including phenoxy) is 1. The molecular weight excluding hydrogens is 348 g/mol. The minimum Gasteiger partial charge on any atom is -0.481 e. The summed E-state index contributed by atoms with van der Waals surface area (Å²) in [4.78, 5) is 19.4. The molecule has 1 aliphatic rings. The fourth-order valence-electron chi connectivity index (χ4n) is 2.84. The average Bonchev–Trinajstić information content (AvgIpc) is 3.08. The minimum atomic E-state index is -0.747. The van der Waals surface area contributed by atoms with Crippen LogP contribution >= 0.6 is 0 Å². The van der Waals surface area contributed by atoms with E-state index in [1.165, 1.54) is 0 Å². The molecule has 2 aromatic heterocycles. The van der Waals surface area contributed by atoms with Gasteiger partial charge in [-0.2, -0.15) is 4.98 Å². The largest absolute Gasteiger partial charge is 0.481 e. The second kappa shape index (κ2) is 7.40. The predicted octanol–water partition coefficient (Wildman–Crippen LogP) is 2.51. The smallest absolute Gasteiger partial charge is 0.306 e. The topological polar surface area (TPSA) is 115 Å². The highest BCUT2D eigenvalue weighted by Crippen LogP contribution is 2.37. The molecule has 0 atom stereocenters. The Morgan fingerprint density at radius 3 is 2.85 bits per heavy atom. The number of carboxylic acid groups (broad SMARTS) is 1. The van der Waals surface area contributed by atoms with E-state index in [0.29, 0.717) is 37.0 Å². The van der Waals surface area contributed by atoms with Crippen molar-refractivity contribution in [2.75, 3.05) is 5.32 Å². The van der Waals surface area contributed by atoms with E-state index in [1.54, 1.807) is 16.9 Å². The monoisotopic (exact) mass is 366 g/mol. The Kier molecular flexibility index (Phi) is 4.65. The number of carboxylic acids is 1. The van der Waals surface area contributed by atoms with Gasteiger partial charge < -0.3 is 15.2 Å². The molecule has 9 heteroatoms. The molecule has 1 aromatic carbocycles. The predicted molar refractivity (Wildman–Crippen MR) is 95.3 cm³/mol. The van der Waals surface area contributed by atoms with Crippen LogP contribution < -0.4 is 10.1 Å². The molecule has 3 aromatic rings. The standard InChI is InChI=1S/C18H18N6O3/c25-17(26)12-8-14(9-12)24-11-13(22-23-24)10-20-18-19-7-6-16(21-18)27-15-4-2-1-3-5-15/h1-7,11-12,14H,8-10H2,(H,25,26)(H,19,20,21). The molecular formula is C18H18N6O3. The molecule has 138 valence electrons. The van der Waals surface area contributed by atoms with Gasteiger partial charge in [0.25, 0.3) is 0 Å². The number of hydrogen-bond acceptors (Lipinski definition) is 7. The van der Waals surface area contributed by atoms with Crippen molar-refractivity contribution >= 4 is 11.9 Å². The second-order valence-electron chi connectivity index (χ2n) is 6.34. The number of nitrogens with one attached hydrogen (secondary N) is 1. The van der Waals surface area contributed by atoms with Crippen LogP contribution in [0.1, 0.15) is 24.6 Å². The average molecular weight is 366 g/mol. The van der Waals surface area contributed by atoms with E-state index in [1.807, 2.05) is 36.5 Å². The third-order valence-corrected chi connectivity index (χ3v) is 4.42. The van der Waals surface area contributed by atoms with Crippen LogP contribution in [0.15, 0.2) is 48.8 Å². The maximum Gasteiger partial charge on any atom is 0.306 e. The van der Waals surface area contributed by atoms with E-state index in [9.17, 15) is 4.79 Å². The maximum absolute atomic E-state index is 10.9. The van der Waals surface area contributed by atoms with Crippen molar-refractivity contribution in [2.45, 2.75) is 25.4 Å². The van der Waals surface area contributed by atoms with E-state index in [-0.39, 0.29) is 12.0 Å². The first-order valence-corrected chi connectivity index (χ1v) is 8.61. The highest BCUT2D eigenvalue weighted by atomic mass is 16.5. The molecule has 0 spiro atoms. The van der Waals surface area contributed by atoms with Crippen LogP contribution in [0.2, 0.25) is 0 Å². The lowest BCUT2D eigenvalue weighted by atomic mass is 9.80. The van der Waals surface area contributed by atoms with Gasteiger partial charge in [0, 0.05) is 12.3 Å². The van der Waals surface area contributed by atoms with Gasteiger partial charge in [-0.3, -0.25) is 4.79 Å². The number of nitrogens with zero attached hydrogens (tertiary/aromatic N) is 5. The van der Waals surface area contributed by atoms with Crippen molar-refractivity contribution in [1.29, 1.82) is 0 Å². The first kappa shape index (κ1) is 17.0. The summed E-state index contributed by atoms with van der Waals surface area (Å²) in [6.45, 7) is 0.407. The number of carbonyl (C=O) groups is 1. The third-order valence-electron chi connectivity index (χ3n) is 4.42. The Morgan fingerprint density at radius 2 is 2.07 bits per heavy atom. The van der Waals surface area contributed by atoms with Crippen molar-refractivity contribution in [3.05, 3.63) is 54.5 Å². The number of aliphatic carboxylic acids is 1. The van der Waals surface area contributed by atoms with Gasteiger partial charge in [0.15, 0.2) is 0 Å². The van der Waals surface area contributed by atoms with E-state index < -0.39 is 5.97 Å². The van der Waals surface area contributed by atoms with Crippen LogP contribution in [-0.4, -0.2) is 36.0 Å². The molecule has 1 fully saturated rings. The molecule has 4 rings (SSSR count). The molecule has 0 unspecified atom stereocenters. The zero-order valence-corrected chi connectivity index (χ0v) is 14.4. The third kappa shape index (κ3) is 4.02. The number of para-hydroxylation sites is 1. The maximum atomic E-state index is 10.9. The summed E-state index contributed by atoms with van der Waals surface area (Å²) >= 11 is 0. The minimum absolute atomic E-state index is 0.103. The number of rotatable bonds is 7.